The third kappa shape index (κ3) is 3.73. The molecule has 1 heterocycles. The van der Waals surface area contributed by atoms with E-state index in [1.54, 1.807) is 36.7 Å². The summed E-state index contributed by atoms with van der Waals surface area (Å²) in [6.07, 6.45) is 3.06. The van der Waals surface area contributed by atoms with Gasteiger partial charge in [0.25, 0.3) is 0 Å². The van der Waals surface area contributed by atoms with Crippen molar-refractivity contribution in [3.05, 3.63) is 39.3 Å². The Hall–Kier alpha value is -1.99. The Balaban J connectivity index is 2.59. The van der Waals surface area contributed by atoms with Crippen LogP contribution >= 0.6 is 27.5 Å². The van der Waals surface area contributed by atoms with Crippen LogP contribution in [0.5, 0.6) is 11.5 Å². The number of carbonyl (C=O) groups excluding carboxylic acids is 1. The number of halogens is 2. The van der Waals surface area contributed by atoms with Gasteiger partial charge in [0.05, 0.1) is 24.4 Å². The monoisotopic (exact) mass is 414 g/mol. The van der Waals surface area contributed by atoms with Gasteiger partial charge in [0.2, 0.25) is 0 Å². The van der Waals surface area contributed by atoms with Crippen LogP contribution in [0, 0.1) is 0 Å². The summed E-state index contributed by atoms with van der Waals surface area (Å²) in [5.41, 5.74) is 0.865. The summed E-state index contributed by atoms with van der Waals surface area (Å²) < 4.78 is 12.3. The molecule has 0 aliphatic heterocycles. The smallest absolute Gasteiger partial charge is 0.341 e. The molecule has 1 N–H and O–H groups in total. The summed E-state index contributed by atoms with van der Waals surface area (Å²) in [5.74, 6) is 0.108. The summed E-state index contributed by atoms with van der Waals surface area (Å²) in [5, 5.41) is 10.3. The van der Waals surface area contributed by atoms with Gasteiger partial charge in [-0.25, -0.2) is 9.78 Å². The summed E-state index contributed by atoms with van der Waals surface area (Å²) in [6.45, 7) is 1.96. The average molecular weight is 416 g/mol. The largest absolute Gasteiger partial charge is 0.503 e. The number of benzene rings is 1. The van der Waals surface area contributed by atoms with Gasteiger partial charge < -0.3 is 19.1 Å². The number of nitrogens with zero attached hydrogens (tertiary/aromatic N) is 2. The predicted octanol–water partition coefficient (Wildman–Crippen LogP) is 3.65. The van der Waals surface area contributed by atoms with Gasteiger partial charge in [-0.2, -0.15) is 0 Å². The molecule has 0 atom stereocenters. The summed E-state index contributed by atoms with van der Waals surface area (Å²) in [4.78, 5) is 16.5. The van der Waals surface area contributed by atoms with Crippen LogP contribution < -0.4 is 4.74 Å². The van der Waals surface area contributed by atoms with Crippen LogP contribution in [0.25, 0.3) is 11.6 Å². The first-order valence-electron chi connectivity index (χ1n) is 7.01. The molecule has 0 amide bonds. The van der Waals surface area contributed by atoms with Crippen molar-refractivity contribution in [3.63, 3.8) is 0 Å². The van der Waals surface area contributed by atoms with Crippen LogP contribution in [-0.2, 0) is 16.6 Å². The topological polar surface area (TPSA) is 73.6 Å². The molecule has 0 aliphatic carbocycles. The fraction of sp³-hybridized carbons (Fsp3) is 0.250. The molecule has 6 nitrogen and oxygen atoms in total. The number of aromatic nitrogens is 2. The molecule has 0 bridgehead atoms. The Morgan fingerprint density at radius 2 is 2.21 bits per heavy atom. The Bertz CT molecular complexity index is 802. The minimum absolute atomic E-state index is 0.0210. The molecule has 0 saturated heterocycles. The third-order valence-corrected chi connectivity index (χ3v) is 4.21. The van der Waals surface area contributed by atoms with E-state index in [9.17, 15) is 9.90 Å². The van der Waals surface area contributed by atoms with Crippen molar-refractivity contribution in [2.75, 3.05) is 13.7 Å². The normalized spacial score (nSPS) is 11.5. The van der Waals surface area contributed by atoms with E-state index in [1.807, 2.05) is 0 Å². The van der Waals surface area contributed by atoms with E-state index >= 15 is 0 Å². The fourth-order valence-electron chi connectivity index (χ4n) is 2.06. The standard InChI is InChI=1S/C16H16BrClN2O4/c1-4-24-16(22)10(15-19-8-13(18)20(15)2)5-9-6-11(17)14(21)12(7-9)23-3/h5-8,21H,4H2,1-3H3/b10-5+. The Morgan fingerprint density at radius 3 is 2.75 bits per heavy atom. The van der Waals surface area contributed by atoms with E-state index in [-0.39, 0.29) is 23.7 Å². The van der Waals surface area contributed by atoms with E-state index in [4.69, 9.17) is 21.1 Å². The van der Waals surface area contributed by atoms with Crippen molar-refractivity contribution in [3.8, 4) is 11.5 Å². The lowest BCUT2D eigenvalue weighted by molar-refractivity contribution is -0.136. The van der Waals surface area contributed by atoms with Crippen molar-refractivity contribution in [2.24, 2.45) is 7.05 Å². The van der Waals surface area contributed by atoms with Gasteiger partial charge in [-0.1, -0.05) is 11.6 Å². The average Bonchev–Trinajstić information content (AvgIpc) is 2.88. The predicted molar refractivity (Wildman–Crippen MR) is 95.1 cm³/mol. The third-order valence-electron chi connectivity index (χ3n) is 3.25. The van der Waals surface area contributed by atoms with Crippen LogP contribution in [0.2, 0.25) is 5.15 Å². The van der Waals surface area contributed by atoms with Gasteiger partial charge >= 0.3 is 5.97 Å². The molecule has 1 aromatic carbocycles. The summed E-state index contributed by atoms with van der Waals surface area (Å²) >= 11 is 9.27. The van der Waals surface area contributed by atoms with Crippen molar-refractivity contribution < 1.29 is 19.4 Å². The molecule has 2 rings (SSSR count). The van der Waals surface area contributed by atoms with Crippen LogP contribution in [0.4, 0.5) is 0 Å². The Labute approximate surface area is 152 Å². The lowest BCUT2D eigenvalue weighted by Gasteiger charge is -2.10. The number of hydrogen-bond donors (Lipinski definition) is 1. The first-order valence-corrected chi connectivity index (χ1v) is 8.19. The Kier molecular flexibility index (Phi) is 5.90. The number of imidazole rings is 1. The van der Waals surface area contributed by atoms with Crippen molar-refractivity contribution >= 4 is 45.1 Å². The number of methoxy groups -OCH3 is 1. The van der Waals surface area contributed by atoms with Gasteiger partial charge in [-0.05, 0) is 46.6 Å². The van der Waals surface area contributed by atoms with Crippen molar-refractivity contribution in [1.29, 1.82) is 0 Å². The highest BCUT2D eigenvalue weighted by Crippen LogP contribution is 2.36. The van der Waals surface area contributed by atoms with E-state index in [0.717, 1.165) is 0 Å². The number of phenolic OH excluding ortho intramolecular Hbond substituents is 1. The second-order valence-corrected chi connectivity index (χ2v) is 6.04. The van der Waals surface area contributed by atoms with Gasteiger partial charge in [-0.3, -0.25) is 0 Å². The molecular weight excluding hydrogens is 400 g/mol. The number of esters is 1. The van der Waals surface area contributed by atoms with E-state index < -0.39 is 5.97 Å². The number of ether oxygens (including phenoxy) is 2. The highest BCUT2D eigenvalue weighted by Gasteiger charge is 2.20. The Morgan fingerprint density at radius 1 is 1.50 bits per heavy atom. The number of carbonyl (C=O) groups is 1. The molecule has 2 aromatic rings. The second-order valence-electron chi connectivity index (χ2n) is 4.80. The summed E-state index contributed by atoms with van der Waals surface area (Å²) in [7, 11) is 3.14. The molecule has 128 valence electrons. The van der Waals surface area contributed by atoms with Gasteiger partial charge in [0, 0.05) is 7.05 Å². The van der Waals surface area contributed by atoms with Crippen LogP contribution in [0.15, 0.2) is 22.8 Å². The maximum absolute atomic E-state index is 12.3. The minimum Gasteiger partial charge on any atom is -0.503 e. The quantitative estimate of drug-likeness (QED) is 0.596. The molecule has 0 spiro atoms. The minimum atomic E-state index is -0.522. The van der Waals surface area contributed by atoms with Gasteiger partial charge in [0.1, 0.15) is 16.6 Å². The molecule has 0 fully saturated rings. The number of rotatable bonds is 5. The molecule has 0 radical (unpaired) electrons. The maximum Gasteiger partial charge on any atom is 0.341 e. The van der Waals surface area contributed by atoms with Crippen LogP contribution in [0.1, 0.15) is 18.3 Å². The fourth-order valence-corrected chi connectivity index (χ4v) is 2.65. The van der Waals surface area contributed by atoms with Gasteiger partial charge in [0.15, 0.2) is 11.5 Å². The highest BCUT2D eigenvalue weighted by molar-refractivity contribution is 9.10. The molecule has 8 heteroatoms. The molecule has 0 aliphatic rings. The zero-order chi connectivity index (χ0) is 17.9. The van der Waals surface area contributed by atoms with Crippen LogP contribution in [-0.4, -0.2) is 34.3 Å². The molecule has 1 aromatic heterocycles. The molecule has 0 unspecified atom stereocenters. The highest BCUT2D eigenvalue weighted by atomic mass is 79.9. The van der Waals surface area contributed by atoms with Crippen LogP contribution in [0.3, 0.4) is 0 Å². The molecular formula is C16H16BrClN2O4. The first-order chi connectivity index (χ1) is 11.4. The first kappa shape index (κ1) is 18.4. The zero-order valence-electron chi connectivity index (χ0n) is 13.3. The number of hydrogen-bond acceptors (Lipinski definition) is 5. The van der Waals surface area contributed by atoms with Crippen molar-refractivity contribution in [1.82, 2.24) is 9.55 Å². The molecule has 24 heavy (non-hydrogen) atoms. The van der Waals surface area contributed by atoms with E-state index in [0.29, 0.717) is 21.0 Å². The SMILES string of the molecule is CCOC(=O)/C(=C/c1cc(Br)c(O)c(OC)c1)c1ncc(Cl)n1C. The summed E-state index contributed by atoms with van der Waals surface area (Å²) in [6, 6.07) is 3.26. The van der Waals surface area contributed by atoms with E-state index in [2.05, 4.69) is 20.9 Å². The maximum atomic E-state index is 12.3. The van der Waals surface area contributed by atoms with Gasteiger partial charge in [-0.15, -0.1) is 0 Å². The zero-order valence-corrected chi connectivity index (χ0v) is 15.7. The lowest BCUT2D eigenvalue weighted by Crippen LogP contribution is -2.10. The van der Waals surface area contributed by atoms with Crippen molar-refractivity contribution in [2.45, 2.75) is 6.92 Å². The number of phenols is 1. The second kappa shape index (κ2) is 7.72. The molecule has 0 saturated carbocycles. The number of aromatic hydroxyl groups is 1. The lowest BCUT2D eigenvalue weighted by atomic mass is 10.1. The van der Waals surface area contributed by atoms with E-state index in [1.165, 1.54) is 13.3 Å².